The van der Waals surface area contributed by atoms with Crippen molar-refractivity contribution < 1.29 is 87.4 Å². The molecule has 2 spiro atoms. The number of carbonyl (C=O) groups excluding carboxylic acids is 5. The summed E-state index contributed by atoms with van der Waals surface area (Å²) in [6.07, 6.45) is -3.17. The van der Waals surface area contributed by atoms with Crippen LogP contribution in [0.15, 0.2) is 66.9 Å². The Balaban J connectivity index is 0.651. The minimum atomic E-state index is -2.14. The quantitative estimate of drug-likeness (QED) is 0.0465. The maximum absolute atomic E-state index is 14.3. The van der Waals surface area contributed by atoms with Gasteiger partial charge in [-0.25, -0.2) is 9.59 Å². The Labute approximate surface area is 483 Å². The van der Waals surface area contributed by atoms with Crippen LogP contribution in [0.4, 0.5) is 0 Å². The van der Waals surface area contributed by atoms with Crippen LogP contribution in [0, 0.1) is 57.7 Å². The number of fused-ring (bicyclic) bond motifs is 15. The van der Waals surface area contributed by atoms with Gasteiger partial charge in [0.2, 0.25) is 11.7 Å². The number of ether oxygens (including phenoxy) is 8. The van der Waals surface area contributed by atoms with E-state index in [0.717, 1.165) is 12.8 Å². The summed E-state index contributed by atoms with van der Waals surface area (Å²) >= 11 is 0. The molecule has 84 heavy (non-hydrogen) atoms. The number of unbranched alkanes of at least 4 members (excludes halogenated alkanes) is 3. The van der Waals surface area contributed by atoms with E-state index in [-0.39, 0.29) is 30.8 Å². The number of nitrogens with one attached hydrogen (secondary N) is 1. The van der Waals surface area contributed by atoms with E-state index in [9.17, 15) is 49.5 Å². The molecule has 22 atom stereocenters. The molecule has 22 nitrogen and oxygen atoms in total. The van der Waals surface area contributed by atoms with Crippen LogP contribution in [0.3, 0.4) is 0 Å². The van der Waals surface area contributed by atoms with Crippen LogP contribution in [0.1, 0.15) is 120 Å². The van der Waals surface area contributed by atoms with Crippen LogP contribution in [0.2, 0.25) is 0 Å². The van der Waals surface area contributed by atoms with E-state index in [1.807, 2.05) is 39.0 Å². The summed E-state index contributed by atoms with van der Waals surface area (Å²) < 4.78 is 51.3. The molecule has 4 unspecified atom stereocenters. The smallest absolute Gasteiger partial charge is 0.341 e. The number of hydrogen-bond donors (Lipinski definition) is 6. The summed E-state index contributed by atoms with van der Waals surface area (Å²) in [5, 5.41) is 73.4. The Morgan fingerprint density at radius 1 is 0.821 bits per heavy atom. The molecule has 6 heterocycles. The Bertz CT molecular complexity index is 3440. The normalized spacial score (nSPS) is 42.5. The number of aromatic nitrogens is 3. The highest BCUT2D eigenvalue weighted by Crippen LogP contribution is 2.81. The first-order valence-corrected chi connectivity index (χ1v) is 29.4. The highest BCUT2D eigenvalue weighted by atomic mass is 16.8. The molecule has 3 aromatic carbocycles. The molecule has 22 heteroatoms. The number of carbonyl (C=O) groups is 5. The van der Waals surface area contributed by atoms with E-state index in [1.165, 1.54) is 32.9 Å². The van der Waals surface area contributed by atoms with Crippen molar-refractivity contribution in [3.63, 3.8) is 0 Å². The minimum Gasteiger partial charge on any atom is -0.508 e. The number of hydrogen-bond acceptors (Lipinski definition) is 20. The summed E-state index contributed by atoms with van der Waals surface area (Å²) in [6, 6.07) is 16.2. The van der Waals surface area contributed by atoms with Gasteiger partial charge in [0.25, 0.3) is 0 Å². The molecule has 6 N–H and O–H groups in total. The average Bonchev–Trinajstić information content (AvgIpc) is 1.48. The predicted molar refractivity (Wildman–Crippen MR) is 287 cm³/mol. The molecule has 10 aliphatic rings. The van der Waals surface area contributed by atoms with Gasteiger partial charge in [-0.1, -0.05) is 57.0 Å². The zero-order valence-electron chi connectivity index (χ0n) is 47.6. The summed E-state index contributed by atoms with van der Waals surface area (Å²) in [6.45, 7) is 11.8. The second kappa shape index (κ2) is 18.7. The number of benzene rings is 3. The van der Waals surface area contributed by atoms with Crippen LogP contribution >= 0.6 is 0 Å². The van der Waals surface area contributed by atoms with E-state index >= 15 is 0 Å². The minimum absolute atomic E-state index is 0.00716. The van der Waals surface area contributed by atoms with Crippen molar-refractivity contribution in [1.82, 2.24) is 20.3 Å². The summed E-state index contributed by atoms with van der Waals surface area (Å²) in [5.41, 5.74) is -4.67. The maximum Gasteiger partial charge on any atom is 0.341 e. The Kier molecular flexibility index (Phi) is 12.3. The zero-order valence-corrected chi connectivity index (χ0v) is 47.6. The van der Waals surface area contributed by atoms with Gasteiger partial charge in [0, 0.05) is 84.2 Å². The van der Waals surface area contributed by atoms with Gasteiger partial charge in [0.05, 0.1) is 47.6 Å². The fourth-order valence-electron chi connectivity index (χ4n) is 18.6. The summed E-state index contributed by atoms with van der Waals surface area (Å²) in [7, 11) is 0. The summed E-state index contributed by atoms with van der Waals surface area (Å²) in [4.78, 5) is 67.9. The molecule has 446 valence electrons. The van der Waals surface area contributed by atoms with E-state index < -0.39 is 147 Å². The largest absolute Gasteiger partial charge is 0.508 e. The van der Waals surface area contributed by atoms with Gasteiger partial charge < -0.3 is 68.7 Å². The number of aliphatic hydroxyl groups excluding tert-OH is 3. The van der Waals surface area contributed by atoms with Gasteiger partial charge in [-0.05, 0) is 87.1 Å². The number of aromatic hydroxyl groups is 1. The molecule has 8 fully saturated rings. The van der Waals surface area contributed by atoms with E-state index in [2.05, 4.69) is 15.6 Å². The molecule has 14 rings (SSSR count). The van der Waals surface area contributed by atoms with Crippen LogP contribution in [0.25, 0.3) is 0 Å². The standard InChI is InChI=1S/C62H70N4O18/c1-27-43-46(59(6)60(7,76)56(75)84-62(59)53(27)82-62)49(72)44-42-45(51(78-28(2)67)54(58(43,44)5)79-29(3)68)57(4)37(24-40-50(81-40)52(57)73)47(48(42)71)63-41(70)16-10-8-9-13-21-66-25-30(64-65-66)26-77-32-18-20-36-39(23-32)80-38-22-31(69)17-19-35(38)61(36)34-15-12-11-14-33(34)55(74)83-61/h11-12,14-15,17-20,22-23,25,27,37,40,42-54,69,71-73,76H,8-10,13,16,21,24,26H2,1-7H3,(H,63,70)/t27?,37-,40+,42?,43+,44-,45?,46+,47-,48-,49-,50+,51+,52+,53-,54+,57+,58-,59+,60-,61?,62+/m1/s1. The second-order valence-electron chi connectivity index (χ2n) is 26.2. The van der Waals surface area contributed by atoms with Gasteiger partial charge in [0.15, 0.2) is 11.2 Å². The van der Waals surface area contributed by atoms with Crippen LogP contribution in [0.5, 0.6) is 23.0 Å². The van der Waals surface area contributed by atoms with Crippen LogP contribution < -0.4 is 14.8 Å². The third kappa shape index (κ3) is 7.32. The fraction of sp³-hybridized carbons (Fsp3) is 0.597. The molecular formula is C62H70N4O18. The van der Waals surface area contributed by atoms with E-state index in [4.69, 9.17) is 37.9 Å². The maximum atomic E-state index is 14.3. The number of epoxide rings is 2. The number of phenols is 1. The first-order chi connectivity index (χ1) is 39.9. The predicted octanol–water partition coefficient (Wildman–Crippen LogP) is 4.49. The fourth-order valence-corrected chi connectivity index (χ4v) is 18.6. The molecule has 0 bridgehead atoms. The number of aliphatic hydroxyl groups is 4. The van der Waals surface area contributed by atoms with Gasteiger partial charge in [-0.2, -0.15) is 0 Å². The molecular weight excluding hydrogens is 1090 g/mol. The monoisotopic (exact) mass is 1160 g/mol. The van der Waals surface area contributed by atoms with E-state index in [0.29, 0.717) is 71.0 Å². The number of amides is 1. The van der Waals surface area contributed by atoms with Gasteiger partial charge >= 0.3 is 23.9 Å². The van der Waals surface area contributed by atoms with Crippen molar-refractivity contribution >= 4 is 29.8 Å². The molecule has 1 amide bonds. The van der Waals surface area contributed by atoms with E-state index in [1.54, 1.807) is 48.1 Å². The number of phenolic OH excluding ortho intramolecular Hbond substituents is 1. The van der Waals surface area contributed by atoms with Crippen LogP contribution in [-0.4, -0.2) is 137 Å². The molecule has 5 saturated carbocycles. The van der Waals surface area contributed by atoms with Crippen molar-refractivity contribution in [2.45, 2.75) is 172 Å². The third-order valence-corrected chi connectivity index (χ3v) is 22.2. The molecule has 5 aliphatic carbocycles. The van der Waals surface area contributed by atoms with Gasteiger partial charge in [-0.15, -0.1) is 5.10 Å². The Hall–Kier alpha value is -6.69. The molecule has 3 saturated heterocycles. The van der Waals surface area contributed by atoms with Crippen molar-refractivity contribution in [1.29, 1.82) is 0 Å². The van der Waals surface area contributed by atoms with Crippen molar-refractivity contribution in [3.05, 3.63) is 94.8 Å². The highest BCUT2D eigenvalue weighted by Gasteiger charge is 2.93. The Morgan fingerprint density at radius 3 is 2.31 bits per heavy atom. The molecule has 4 aromatic rings. The average molecular weight is 1160 g/mol. The Morgan fingerprint density at radius 2 is 1.55 bits per heavy atom. The summed E-state index contributed by atoms with van der Waals surface area (Å²) in [5.74, 6) is -9.09. The lowest BCUT2D eigenvalue weighted by Gasteiger charge is -2.67. The number of aryl methyl sites for hydroxylation is 1. The van der Waals surface area contributed by atoms with Crippen molar-refractivity contribution in [3.8, 4) is 23.0 Å². The van der Waals surface area contributed by atoms with Crippen molar-refractivity contribution in [2.24, 2.45) is 57.7 Å². The SMILES string of the molecule is CC(=O)O[C@H]1C2C([C@@H](O)[C@H](NC(=O)CCCCCCn3cc(COc4ccc5c(c4)Oc4cc(O)ccc4C54OC(=O)c5ccccc54)nn3)[C@H]3C[C@@H]4O[C@@H]4[C@H](O)[C@]23C)[C@@H]2[C@@H](O)[C@@H]3[C@H](C(C)[C@H]4O[C@]45OC(=O)[C@@](C)(O)[C@]35C)[C@@]2(C)[C@H]1OC(C)=O. The molecule has 1 aromatic heterocycles. The number of rotatable bonds is 13. The highest BCUT2D eigenvalue weighted by molar-refractivity contribution is 5.97. The topological polar surface area (TPSA) is 310 Å². The first kappa shape index (κ1) is 55.2. The molecule has 0 radical (unpaired) electrons. The third-order valence-electron chi connectivity index (χ3n) is 22.2. The number of nitrogens with zero attached hydrogens (tertiary/aromatic N) is 3. The zero-order chi connectivity index (χ0) is 59.1. The van der Waals surface area contributed by atoms with Crippen LogP contribution in [-0.2, 0) is 66.4 Å². The molecule has 5 aliphatic heterocycles. The first-order valence-electron chi connectivity index (χ1n) is 29.4. The lowest BCUT2D eigenvalue weighted by atomic mass is 9.40. The van der Waals surface area contributed by atoms with Gasteiger partial charge in [0.1, 0.15) is 59.7 Å². The van der Waals surface area contributed by atoms with Gasteiger partial charge in [-0.3, -0.25) is 19.1 Å². The number of esters is 4. The lowest BCUT2D eigenvalue weighted by Crippen LogP contribution is -2.76. The lowest BCUT2D eigenvalue weighted by molar-refractivity contribution is -0.285. The van der Waals surface area contributed by atoms with Crippen molar-refractivity contribution in [2.75, 3.05) is 0 Å². The second-order valence-corrected chi connectivity index (χ2v) is 26.2.